The molecule has 0 atom stereocenters. The van der Waals surface area contributed by atoms with Crippen LogP contribution in [-0.4, -0.2) is 26.3 Å². The van der Waals surface area contributed by atoms with Crippen LogP contribution in [0.5, 0.6) is 0 Å². The van der Waals surface area contributed by atoms with Gasteiger partial charge in [-0.1, -0.05) is 24.3 Å². The third-order valence-electron chi connectivity index (χ3n) is 3.59. The number of aromatic nitrogens is 2. The van der Waals surface area contributed by atoms with Gasteiger partial charge < -0.3 is 9.67 Å². The first kappa shape index (κ1) is 15.5. The first-order valence-corrected chi connectivity index (χ1v) is 7.36. The van der Waals surface area contributed by atoms with Crippen molar-refractivity contribution in [2.75, 3.05) is 5.43 Å². The Kier molecular flexibility index (Phi) is 4.38. The van der Waals surface area contributed by atoms with Crippen molar-refractivity contribution >= 4 is 17.4 Å². The van der Waals surface area contributed by atoms with Crippen LogP contribution in [0.15, 0.2) is 72.4 Å². The Balaban J connectivity index is 1.78. The summed E-state index contributed by atoms with van der Waals surface area (Å²) < 4.78 is 1.91. The lowest BCUT2D eigenvalue weighted by atomic mass is 10.1. The van der Waals surface area contributed by atoms with Crippen molar-refractivity contribution < 1.29 is 9.90 Å². The lowest BCUT2D eigenvalue weighted by Gasteiger charge is -2.07. The fraction of sp³-hybridized carbons (Fsp3) is 0.0556. The molecule has 0 spiro atoms. The first-order valence-electron chi connectivity index (χ1n) is 7.36. The van der Waals surface area contributed by atoms with Crippen LogP contribution in [-0.2, 0) is 0 Å². The van der Waals surface area contributed by atoms with E-state index in [1.165, 1.54) is 6.07 Å². The van der Waals surface area contributed by atoms with E-state index in [2.05, 4.69) is 15.5 Å². The molecular formula is C18H16N4O2. The maximum absolute atomic E-state index is 11.2. The first-order chi connectivity index (χ1) is 11.6. The number of aromatic carboxylic acids is 1. The average molecular weight is 320 g/mol. The molecule has 0 amide bonds. The predicted octanol–water partition coefficient (Wildman–Crippen LogP) is 3.41. The third kappa shape index (κ3) is 3.33. The molecule has 3 rings (SSSR count). The molecule has 24 heavy (non-hydrogen) atoms. The number of nitrogens with one attached hydrogen (secondary N) is 1. The Bertz CT molecular complexity index is 868. The Morgan fingerprint density at radius 1 is 1.17 bits per heavy atom. The predicted molar refractivity (Wildman–Crippen MR) is 92.8 cm³/mol. The largest absolute Gasteiger partial charge is 0.478 e. The van der Waals surface area contributed by atoms with E-state index in [0.29, 0.717) is 5.69 Å². The number of hydrogen-bond donors (Lipinski definition) is 2. The zero-order chi connectivity index (χ0) is 16.9. The summed E-state index contributed by atoms with van der Waals surface area (Å²) in [5.41, 5.74) is 6.18. The molecule has 0 aliphatic rings. The number of para-hydroxylation sites is 1. The van der Waals surface area contributed by atoms with Crippen molar-refractivity contribution in [3.8, 4) is 5.69 Å². The number of rotatable bonds is 5. The topological polar surface area (TPSA) is 79.5 Å². The smallest absolute Gasteiger partial charge is 0.337 e. The molecule has 3 aromatic rings. The molecule has 0 aliphatic heterocycles. The Morgan fingerprint density at radius 3 is 2.58 bits per heavy atom. The van der Waals surface area contributed by atoms with Crippen LogP contribution < -0.4 is 5.43 Å². The fourth-order valence-corrected chi connectivity index (χ4v) is 2.26. The van der Waals surface area contributed by atoms with Crippen LogP contribution in [0.2, 0.25) is 0 Å². The minimum atomic E-state index is -0.990. The monoisotopic (exact) mass is 320 g/mol. The average Bonchev–Trinajstić information content (AvgIpc) is 3.14. The minimum absolute atomic E-state index is 0.185. The molecule has 120 valence electrons. The highest BCUT2D eigenvalue weighted by Crippen LogP contribution is 2.15. The number of anilines is 1. The van der Waals surface area contributed by atoms with Crippen molar-refractivity contribution in [2.24, 2.45) is 5.10 Å². The highest BCUT2D eigenvalue weighted by molar-refractivity contribution is 6.00. The molecule has 0 saturated carbocycles. The number of carbonyl (C=O) groups is 1. The lowest BCUT2D eigenvalue weighted by molar-refractivity contribution is 0.0698. The van der Waals surface area contributed by atoms with Crippen LogP contribution in [0, 0.1) is 0 Å². The summed E-state index contributed by atoms with van der Waals surface area (Å²) in [7, 11) is 0. The molecule has 6 nitrogen and oxygen atoms in total. The van der Waals surface area contributed by atoms with Crippen LogP contribution in [0.4, 0.5) is 5.69 Å². The number of hydrazone groups is 1. The van der Waals surface area contributed by atoms with E-state index in [9.17, 15) is 9.90 Å². The molecule has 2 N–H and O–H groups in total. The fourth-order valence-electron chi connectivity index (χ4n) is 2.26. The SMILES string of the molecule is C/C(=N/Nc1ccccc1C(=O)O)c1ccc(-n2ccnc2)cc1. The van der Waals surface area contributed by atoms with Crippen LogP contribution >= 0.6 is 0 Å². The van der Waals surface area contributed by atoms with Gasteiger partial charge in [-0.05, 0) is 36.8 Å². The van der Waals surface area contributed by atoms with E-state index in [-0.39, 0.29) is 5.56 Å². The number of nitrogens with zero attached hydrogens (tertiary/aromatic N) is 3. The zero-order valence-corrected chi connectivity index (χ0v) is 13.0. The number of carboxylic acids is 1. The number of benzene rings is 2. The van der Waals surface area contributed by atoms with Crippen molar-refractivity contribution in [3.63, 3.8) is 0 Å². The Hall–Kier alpha value is -3.41. The summed E-state index contributed by atoms with van der Waals surface area (Å²) in [5, 5.41) is 13.5. The van der Waals surface area contributed by atoms with Crippen LogP contribution in [0.1, 0.15) is 22.8 Å². The third-order valence-corrected chi connectivity index (χ3v) is 3.59. The second kappa shape index (κ2) is 6.78. The summed E-state index contributed by atoms with van der Waals surface area (Å²) in [6.45, 7) is 1.86. The van der Waals surface area contributed by atoms with E-state index in [4.69, 9.17) is 0 Å². The Labute approximate surface area is 139 Å². The van der Waals surface area contributed by atoms with Crippen molar-refractivity contribution in [3.05, 3.63) is 78.4 Å². The molecule has 0 radical (unpaired) electrons. The Morgan fingerprint density at radius 2 is 1.92 bits per heavy atom. The van der Waals surface area contributed by atoms with E-state index < -0.39 is 5.97 Å². The van der Waals surface area contributed by atoms with Gasteiger partial charge in [-0.2, -0.15) is 5.10 Å². The summed E-state index contributed by atoms with van der Waals surface area (Å²) >= 11 is 0. The van der Waals surface area contributed by atoms with E-state index >= 15 is 0 Å². The van der Waals surface area contributed by atoms with Gasteiger partial charge in [0.25, 0.3) is 0 Å². The van der Waals surface area contributed by atoms with Gasteiger partial charge in [-0.15, -0.1) is 0 Å². The van der Waals surface area contributed by atoms with Crippen LogP contribution in [0.3, 0.4) is 0 Å². The summed E-state index contributed by atoms with van der Waals surface area (Å²) in [6.07, 6.45) is 5.34. The molecule has 1 aromatic heterocycles. The molecular weight excluding hydrogens is 304 g/mol. The van der Waals surface area contributed by atoms with Gasteiger partial charge in [0.15, 0.2) is 0 Å². The van der Waals surface area contributed by atoms with Gasteiger partial charge >= 0.3 is 5.97 Å². The zero-order valence-electron chi connectivity index (χ0n) is 13.0. The molecule has 2 aromatic carbocycles. The summed E-state index contributed by atoms with van der Waals surface area (Å²) in [4.78, 5) is 15.2. The quantitative estimate of drug-likeness (QED) is 0.558. The van der Waals surface area contributed by atoms with Gasteiger partial charge in [-0.3, -0.25) is 5.43 Å². The lowest BCUT2D eigenvalue weighted by Crippen LogP contribution is -2.05. The highest BCUT2D eigenvalue weighted by atomic mass is 16.4. The molecule has 0 unspecified atom stereocenters. The van der Waals surface area contributed by atoms with E-state index in [1.54, 1.807) is 30.7 Å². The second-order valence-corrected chi connectivity index (χ2v) is 5.18. The molecule has 1 heterocycles. The minimum Gasteiger partial charge on any atom is -0.478 e. The molecule has 0 aliphatic carbocycles. The molecule has 0 bridgehead atoms. The number of imidazole rings is 1. The molecule has 6 heteroatoms. The number of carboxylic acid groups (broad SMARTS) is 1. The van der Waals surface area contributed by atoms with Gasteiger partial charge in [0.2, 0.25) is 0 Å². The van der Waals surface area contributed by atoms with Gasteiger partial charge in [0.1, 0.15) is 0 Å². The van der Waals surface area contributed by atoms with E-state index in [1.807, 2.05) is 42.0 Å². The van der Waals surface area contributed by atoms with E-state index in [0.717, 1.165) is 17.0 Å². The van der Waals surface area contributed by atoms with Gasteiger partial charge in [0, 0.05) is 18.1 Å². The standard InChI is InChI=1S/C18H16N4O2/c1-13(20-21-17-5-3-2-4-16(17)18(23)24)14-6-8-15(9-7-14)22-11-10-19-12-22/h2-12,21H,1H3,(H,23,24)/b20-13-. The van der Waals surface area contributed by atoms with Gasteiger partial charge in [0.05, 0.1) is 23.3 Å². The van der Waals surface area contributed by atoms with Crippen molar-refractivity contribution in [1.82, 2.24) is 9.55 Å². The summed E-state index contributed by atoms with van der Waals surface area (Å²) in [5.74, 6) is -0.990. The second-order valence-electron chi connectivity index (χ2n) is 5.18. The highest BCUT2D eigenvalue weighted by Gasteiger charge is 2.08. The molecule has 0 saturated heterocycles. The normalized spacial score (nSPS) is 11.3. The van der Waals surface area contributed by atoms with Gasteiger partial charge in [-0.25, -0.2) is 9.78 Å². The van der Waals surface area contributed by atoms with Crippen molar-refractivity contribution in [2.45, 2.75) is 6.92 Å². The van der Waals surface area contributed by atoms with Crippen molar-refractivity contribution in [1.29, 1.82) is 0 Å². The van der Waals surface area contributed by atoms with Crippen LogP contribution in [0.25, 0.3) is 5.69 Å². The number of hydrogen-bond acceptors (Lipinski definition) is 4. The maximum atomic E-state index is 11.2. The summed E-state index contributed by atoms with van der Waals surface area (Å²) in [6, 6.07) is 14.5. The molecule has 0 fully saturated rings. The maximum Gasteiger partial charge on any atom is 0.337 e.